The number of nitrogens with zero attached hydrogens (tertiary/aromatic N) is 1. The van der Waals surface area contributed by atoms with Crippen molar-refractivity contribution in [3.05, 3.63) is 51.7 Å². The van der Waals surface area contributed by atoms with E-state index in [1.165, 1.54) is 22.6 Å². The van der Waals surface area contributed by atoms with Gasteiger partial charge in [0.25, 0.3) is 0 Å². The number of ether oxygens (including phenoxy) is 1. The van der Waals surface area contributed by atoms with Gasteiger partial charge in [0, 0.05) is 24.0 Å². The number of alkyl halides is 2. The van der Waals surface area contributed by atoms with E-state index in [1.807, 2.05) is 0 Å². The monoisotopic (exact) mass is 380 g/mol. The molecular weight excluding hydrogens is 358 g/mol. The minimum absolute atomic E-state index is 0.00758. The third-order valence-corrected chi connectivity index (χ3v) is 5.63. The first kappa shape index (κ1) is 18.8. The van der Waals surface area contributed by atoms with Crippen LogP contribution in [-0.2, 0) is 17.6 Å². The molecule has 7 heteroatoms. The van der Waals surface area contributed by atoms with E-state index >= 15 is 0 Å². The molecule has 1 atom stereocenters. The van der Waals surface area contributed by atoms with Crippen LogP contribution < -0.4 is 10.1 Å². The molecule has 0 saturated carbocycles. The Balaban J connectivity index is 1.42. The van der Waals surface area contributed by atoms with E-state index in [2.05, 4.69) is 33.3 Å². The zero-order valence-electron chi connectivity index (χ0n) is 14.6. The number of amides is 1. The molecule has 1 aliphatic heterocycles. The van der Waals surface area contributed by atoms with E-state index < -0.39 is 6.61 Å². The summed E-state index contributed by atoms with van der Waals surface area (Å²) in [6, 6.07) is 8.89. The summed E-state index contributed by atoms with van der Waals surface area (Å²) in [5.41, 5.74) is 2.29. The Labute approximate surface area is 155 Å². The molecular formula is C19H22F2N2O2S. The molecule has 2 heterocycles. The van der Waals surface area contributed by atoms with Gasteiger partial charge in [0.2, 0.25) is 5.91 Å². The molecule has 1 aromatic carbocycles. The third-order valence-electron chi connectivity index (χ3n) is 4.63. The number of benzene rings is 1. The molecule has 4 nitrogen and oxygen atoms in total. The van der Waals surface area contributed by atoms with E-state index in [4.69, 9.17) is 0 Å². The molecule has 3 rings (SSSR count). The van der Waals surface area contributed by atoms with Gasteiger partial charge in [0.15, 0.2) is 0 Å². The maximum Gasteiger partial charge on any atom is 0.387 e. The van der Waals surface area contributed by atoms with Crippen LogP contribution in [0.5, 0.6) is 5.75 Å². The topological polar surface area (TPSA) is 41.6 Å². The van der Waals surface area contributed by atoms with Gasteiger partial charge < -0.3 is 10.1 Å². The average Bonchev–Trinajstić information content (AvgIpc) is 3.08. The first-order chi connectivity index (χ1) is 12.5. The Bertz CT molecular complexity index is 733. The lowest BCUT2D eigenvalue weighted by Gasteiger charge is -2.32. The van der Waals surface area contributed by atoms with E-state index in [-0.39, 0.29) is 17.7 Å². The number of halogens is 2. The molecule has 0 radical (unpaired) electrons. The molecule has 0 saturated heterocycles. The van der Waals surface area contributed by atoms with Crippen molar-refractivity contribution in [2.24, 2.45) is 0 Å². The maximum atomic E-state index is 12.2. The Hall–Kier alpha value is -1.99. The summed E-state index contributed by atoms with van der Waals surface area (Å²) in [5, 5.41) is 5.05. The number of hydrogen-bond acceptors (Lipinski definition) is 4. The third kappa shape index (κ3) is 4.80. The minimum atomic E-state index is -2.82. The zero-order chi connectivity index (χ0) is 18.5. The lowest BCUT2D eigenvalue weighted by molar-refractivity contribution is -0.122. The number of carbonyl (C=O) groups excluding carboxylic acids is 1. The first-order valence-electron chi connectivity index (χ1n) is 8.63. The van der Waals surface area contributed by atoms with E-state index in [0.29, 0.717) is 19.5 Å². The van der Waals surface area contributed by atoms with Crippen LogP contribution in [0.1, 0.15) is 29.0 Å². The highest BCUT2D eigenvalue weighted by molar-refractivity contribution is 7.10. The summed E-state index contributed by atoms with van der Waals surface area (Å²) in [6.07, 6.45) is 1.64. The van der Waals surface area contributed by atoms with Crippen molar-refractivity contribution >= 4 is 17.2 Å². The highest BCUT2D eigenvalue weighted by Crippen LogP contribution is 2.32. The van der Waals surface area contributed by atoms with Crippen LogP contribution in [0.25, 0.3) is 0 Å². The Morgan fingerprint density at radius 2 is 2.12 bits per heavy atom. The van der Waals surface area contributed by atoms with Crippen LogP contribution in [0.4, 0.5) is 8.78 Å². The van der Waals surface area contributed by atoms with E-state index in [1.54, 1.807) is 23.5 Å². The first-order valence-corrected chi connectivity index (χ1v) is 9.51. The van der Waals surface area contributed by atoms with Gasteiger partial charge in [-0.2, -0.15) is 8.78 Å². The summed E-state index contributed by atoms with van der Waals surface area (Å²) in [7, 11) is 0. The average molecular weight is 380 g/mol. The lowest BCUT2D eigenvalue weighted by Crippen LogP contribution is -2.41. The summed E-state index contributed by atoms with van der Waals surface area (Å²) in [5.74, 6) is 0.146. The second-order valence-electron chi connectivity index (χ2n) is 6.32. The molecule has 0 spiro atoms. The van der Waals surface area contributed by atoms with Crippen molar-refractivity contribution in [3.8, 4) is 5.75 Å². The summed E-state index contributed by atoms with van der Waals surface area (Å²) in [6.45, 7) is 1.12. The molecule has 1 aromatic heterocycles. The fraction of sp³-hybridized carbons (Fsp3) is 0.421. The van der Waals surface area contributed by atoms with Gasteiger partial charge in [-0.15, -0.1) is 11.3 Å². The molecule has 1 N–H and O–H groups in total. The molecule has 0 bridgehead atoms. The second kappa shape index (κ2) is 8.60. The molecule has 0 unspecified atom stereocenters. The van der Waals surface area contributed by atoms with Gasteiger partial charge in [-0.3, -0.25) is 9.69 Å². The number of rotatable bonds is 7. The van der Waals surface area contributed by atoms with Crippen LogP contribution in [0, 0.1) is 0 Å². The smallest absolute Gasteiger partial charge is 0.387 e. The van der Waals surface area contributed by atoms with Gasteiger partial charge in [0.05, 0.1) is 6.54 Å². The zero-order valence-corrected chi connectivity index (χ0v) is 15.4. The number of nitrogens with one attached hydrogen (secondary N) is 1. The summed E-state index contributed by atoms with van der Waals surface area (Å²) >= 11 is 1.79. The van der Waals surface area contributed by atoms with Gasteiger partial charge in [-0.25, -0.2) is 0 Å². The van der Waals surface area contributed by atoms with Gasteiger partial charge >= 0.3 is 6.61 Å². The quantitative estimate of drug-likeness (QED) is 0.798. The van der Waals surface area contributed by atoms with Crippen molar-refractivity contribution < 1.29 is 18.3 Å². The van der Waals surface area contributed by atoms with Crippen LogP contribution in [0.15, 0.2) is 35.7 Å². The highest BCUT2D eigenvalue weighted by atomic mass is 32.1. The standard InChI is InChI=1S/C19H22F2N2O2S/c1-13-16-8-11-26-17(16)7-10-23(13)12-18(24)22-9-6-14-2-4-15(5-3-14)25-19(20)21/h2-5,8,11,13,19H,6-7,9-10,12H2,1H3,(H,22,24)/t13-/m1/s1. The number of fused-ring (bicyclic) bond motifs is 1. The predicted molar refractivity (Wildman–Crippen MR) is 97.8 cm³/mol. The largest absolute Gasteiger partial charge is 0.435 e. The predicted octanol–water partition coefficient (Wildman–Crippen LogP) is 3.63. The fourth-order valence-electron chi connectivity index (χ4n) is 3.20. The molecule has 0 fully saturated rings. The van der Waals surface area contributed by atoms with Gasteiger partial charge in [0.1, 0.15) is 5.75 Å². The van der Waals surface area contributed by atoms with Crippen molar-refractivity contribution in [1.29, 1.82) is 0 Å². The molecule has 1 amide bonds. The maximum absolute atomic E-state index is 12.2. The molecule has 26 heavy (non-hydrogen) atoms. The van der Waals surface area contributed by atoms with Crippen molar-refractivity contribution in [3.63, 3.8) is 0 Å². The van der Waals surface area contributed by atoms with Crippen molar-refractivity contribution in [2.45, 2.75) is 32.4 Å². The van der Waals surface area contributed by atoms with Crippen molar-refractivity contribution in [1.82, 2.24) is 10.2 Å². The number of carbonyl (C=O) groups is 1. The SMILES string of the molecule is C[C@@H]1c2ccsc2CCN1CC(=O)NCCc1ccc(OC(F)F)cc1. The van der Waals surface area contributed by atoms with E-state index in [0.717, 1.165) is 18.5 Å². The molecule has 1 aliphatic rings. The Morgan fingerprint density at radius 3 is 2.85 bits per heavy atom. The van der Waals surface area contributed by atoms with E-state index in [9.17, 15) is 13.6 Å². The van der Waals surface area contributed by atoms with Crippen LogP contribution in [-0.4, -0.2) is 37.1 Å². The Morgan fingerprint density at radius 1 is 1.35 bits per heavy atom. The van der Waals surface area contributed by atoms with Crippen LogP contribution in [0.2, 0.25) is 0 Å². The minimum Gasteiger partial charge on any atom is -0.435 e. The number of hydrogen-bond donors (Lipinski definition) is 1. The Kier molecular flexibility index (Phi) is 6.21. The lowest BCUT2D eigenvalue weighted by atomic mass is 10.0. The highest BCUT2D eigenvalue weighted by Gasteiger charge is 2.25. The van der Waals surface area contributed by atoms with Gasteiger partial charge in [-0.1, -0.05) is 12.1 Å². The number of thiophene rings is 1. The summed E-state index contributed by atoms with van der Waals surface area (Å²) < 4.78 is 28.6. The second-order valence-corrected chi connectivity index (χ2v) is 7.32. The van der Waals surface area contributed by atoms with Crippen molar-refractivity contribution in [2.75, 3.05) is 19.6 Å². The van der Waals surface area contributed by atoms with Crippen LogP contribution in [0.3, 0.4) is 0 Å². The molecule has 140 valence electrons. The van der Waals surface area contributed by atoms with Crippen LogP contribution >= 0.6 is 11.3 Å². The van der Waals surface area contributed by atoms with Gasteiger partial charge in [-0.05, 0) is 54.5 Å². The normalized spacial score (nSPS) is 17.2. The summed E-state index contributed by atoms with van der Waals surface area (Å²) in [4.78, 5) is 15.8. The molecule has 2 aromatic rings. The fourth-order valence-corrected chi connectivity index (χ4v) is 4.16. The molecule has 0 aliphatic carbocycles.